The van der Waals surface area contributed by atoms with Gasteiger partial charge >= 0.3 is 5.97 Å². The zero-order valence-corrected chi connectivity index (χ0v) is 44.1. The van der Waals surface area contributed by atoms with E-state index in [1.54, 1.807) is 30.5 Å². The highest BCUT2D eigenvalue weighted by Gasteiger charge is 2.36. The number of aromatic amines is 1. The van der Waals surface area contributed by atoms with Gasteiger partial charge in [0, 0.05) is 62.0 Å². The number of phenols is 1. The molecule has 29 heteroatoms. The number of amides is 10. The molecule has 0 bridgehead atoms. The fraction of sp³-hybridized carbons (Fsp3) is 0.469. The molecule has 0 spiro atoms. The van der Waals surface area contributed by atoms with Crippen LogP contribution >= 0.6 is 12.6 Å². The lowest BCUT2D eigenvalue weighted by Gasteiger charge is -2.28. The van der Waals surface area contributed by atoms with Crippen molar-refractivity contribution in [3.8, 4) is 5.75 Å². The Balaban J connectivity index is 1.91. The average Bonchev–Trinajstić information content (AvgIpc) is 3.79. The number of carboxylic acids is 1. The maximum absolute atomic E-state index is 14.4. The predicted octanol–water partition coefficient (Wildman–Crippen LogP) is -4.05. The number of carboxylic acid groups (broad SMARTS) is 1. The number of H-pyrrole nitrogens is 1. The summed E-state index contributed by atoms with van der Waals surface area (Å²) in [6.07, 6.45) is -2.18. The van der Waals surface area contributed by atoms with Crippen LogP contribution in [-0.4, -0.2) is 158 Å². The molecule has 1 aromatic heterocycles. The second-order valence-electron chi connectivity index (χ2n) is 18.2. The largest absolute Gasteiger partial charge is 0.508 e. The van der Waals surface area contributed by atoms with Gasteiger partial charge in [0.05, 0.1) is 6.10 Å². The van der Waals surface area contributed by atoms with Gasteiger partial charge < -0.3 is 85.8 Å². The second kappa shape index (κ2) is 31.5. The first-order valence-corrected chi connectivity index (χ1v) is 25.3. The van der Waals surface area contributed by atoms with Crippen molar-refractivity contribution >= 4 is 94.5 Å². The van der Waals surface area contributed by atoms with Crippen LogP contribution in [0.5, 0.6) is 5.75 Å². The zero-order valence-electron chi connectivity index (χ0n) is 43.2. The van der Waals surface area contributed by atoms with Gasteiger partial charge in [0.25, 0.3) is 0 Å². The van der Waals surface area contributed by atoms with Crippen LogP contribution in [0.2, 0.25) is 0 Å². The first-order valence-electron chi connectivity index (χ1n) is 24.7. The third-order valence-corrected chi connectivity index (χ3v) is 12.3. The van der Waals surface area contributed by atoms with E-state index in [2.05, 4.69) is 65.1 Å². The van der Waals surface area contributed by atoms with Gasteiger partial charge in [-0.05, 0) is 68.4 Å². The normalized spacial score (nSPS) is 14.4. The van der Waals surface area contributed by atoms with Crippen molar-refractivity contribution in [3.05, 3.63) is 65.9 Å². The van der Waals surface area contributed by atoms with E-state index >= 15 is 0 Å². The van der Waals surface area contributed by atoms with E-state index < -0.39 is 145 Å². The minimum absolute atomic E-state index is 0.0342. The molecule has 0 saturated carbocycles. The molecule has 28 nitrogen and oxygen atoms in total. The van der Waals surface area contributed by atoms with Crippen molar-refractivity contribution in [2.45, 2.75) is 133 Å². The summed E-state index contributed by atoms with van der Waals surface area (Å²) in [5, 5.41) is 50.6. The van der Waals surface area contributed by atoms with Crippen molar-refractivity contribution in [1.82, 2.24) is 47.5 Å². The van der Waals surface area contributed by atoms with Gasteiger partial charge in [0.1, 0.15) is 54.1 Å². The molecule has 3 rings (SSSR count). The molecular weight excluding hydrogens is 1040 g/mol. The summed E-state index contributed by atoms with van der Waals surface area (Å²) < 4.78 is 0. The SMILES string of the molecule is CC[C@H](NC(=O)[C@@H](CCCN=C(N)N)NC(C)=O)C(=O)N[C@@H](CCC(N)=O)C(=O)N[C@H](C(=O)N[C@@H](Cc1c[nH]c2ccccc12)C(=O)N[C@@H](CCC(N)=O)C(=O)N[C@@H](CS)C(=O)N[C@@H](Cc1ccc(O)cc1)C(=O)O)[C@@H](C)O. The fourth-order valence-corrected chi connectivity index (χ4v) is 8.01. The molecule has 9 atom stereocenters. The first-order chi connectivity index (χ1) is 36.8. The van der Waals surface area contributed by atoms with Gasteiger partial charge in [0.15, 0.2) is 5.96 Å². The van der Waals surface area contributed by atoms with Crippen LogP contribution in [0.15, 0.2) is 59.7 Å². The molecule has 0 radical (unpaired) electrons. The summed E-state index contributed by atoms with van der Waals surface area (Å²) in [5.74, 6) is -11.4. The number of aliphatic imine (C=N–C) groups is 1. The topological polar surface area (TPSA) is 477 Å². The lowest BCUT2D eigenvalue weighted by Crippen LogP contribution is -2.62. The Kier molecular flexibility index (Phi) is 25.8. The van der Waals surface area contributed by atoms with Crippen LogP contribution in [0.3, 0.4) is 0 Å². The number of aromatic hydroxyl groups is 1. The van der Waals surface area contributed by atoms with E-state index in [0.717, 1.165) is 6.92 Å². The van der Waals surface area contributed by atoms with Gasteiger partial charge in [-0.25, -0.2) is 4.79 Å². The molecule has 0 aliphatic heterocycles. The van der Waals surface area contributed by atoms with E-state index in [0.29, 0.717) is 22.0 Å². The molecule has 3 aromatic rings. The van der Waals surface area contributed by atoms with Crippen LogP contribution in [-0.2, 0) is 65.6 Å². The summed E-state index contributed by atoms with van der Waals surface area (Å²) in [5.41, 5.74) is 23.1. The fourth-order valence-electron chi connectivity index (χ4n) is 7.76. The molecule has 2 aromatic carbocycles. The highest BCUT2D eigenvalue weighted by Crippen LogP contribution is 2.20. The number of thiol groups is 1. The summed E-state index contributed by atoms with van der Waals surface area (Å²) in [6.45, 7) is 3.99. The first kappa shape index (κ1) is 63.8. The molecule has 20 N–H and O–H groups in total. The van der Waals surface area contributed by atoms with Crippen molar-refractivity contribution in [3.63, 3.8) is 0 Å². The van der Waals surface area contributed by atoms with Crippen molar-refractivity contribution in [1.29, 1.82) is 0 Å². The van der Waals surface area contributed by atoms with Gasteiger partial charge in [-0.2, -0.15) is 12.6 Å². The number of rotatable bonds is 33. The Hall–Kier alpha value is -8.47. The maximum Gasteiger partial charge on any atom is 0.326 e. The number of primary amides is 2. The number of aliphatic hydroxyl groups excluding tert-OH is 1. The monoisotopic (exact) mass is 1110 g/mol. The molecule has 0 saturated heterocycles. The van der Waals surface area contributed by atoms with Crippen LogP contribution < -0.4 is 65.5 Å². The molecular formula is C49H70N14O14S. The summed E-state index contributed by atoms with van der Waals surface area (Å²) in [7, 11) is 0. The smallest absolute Gasteiger partial charge is 0.326 e. The second-order valence-corrected chi connectivity index (χ2v) is 18.5. The Bertz CT molecular complexity index is 2650. The predicted molar refractivity (Wildman–Crippen MR) is 285 cm³/mol. The number of fused-ring (bicyclic) bond motifs is 1. The lowest BCUT2D eigenvalue weighted by molar-refractivity contribution is -0.142. The van der Waals surface area contributed by atoms with Crippen LogP contribution in [0.4, 0.5) is 0 Å². The minimum atomic E-state index is -1.88. The van der Waals surface area contributed by atoms with Crippen LogP contribution in [0.25, 0.3) is 10.9 Å². The number of nitrogens with one attached hydrogen (secondary N) is 9. The van der Waals surface area contributed by atoms with Crippen molar-refractivity contribution in [2.24, 2.45) is 27.9 Å². The zero-order chi connectivity index (χ0) is 58.2. The number of para-hydroxylation sites is 1. The Morgan fingerprint density at radius 2 is 1.10 bits per heavy atom. The van der Waals surface area contributed by atoms with E-state index in [4.69, 9.17) is 22.9 Å². The number of nitrogens with zero attached hydrogens (tertiary/aromatic N) is 1. The van der Waals surface area contributed by atoms with Gasteiger partial charge in [-0.15, -0.1) is 0 Å². The van der Waals surface area contributed by atoms with Crippen molar-refractivity contribution in [2.75, 3.05) is 12.3 Å². The number of phenolic OH excluding ortho intramolecular Hbond substituents is 1. The number of aromatic nitrogens is 1. The van der Waals surface area contributed by atoms with Gasteiger partial charge in [0.2, 0.25) is 59.1 Å². The minimum Gasteiger partial charge on any atom is -0.508 e. The van der Waals surface area contributed by atoms with E-state index in [9.17, 15) is 68.1 Å². The lowest BCUT2D eigenvalue weighted by atomic mass is 10.0. The van der Waals surface area contributed by atoms with Gasteiger partial charge in [-0.3, -0.25) is 52.9 Å². The molecule has 426 valence electrons. The average molecular weight is 1110 g/mol. The molecule has 10 amide bonds. The molecule has 0 aliphatic rings. The number of nitrogens with two attached hydrogens (primary N) is 4. The molecule has 0 fully saturated rings. The number of carbonyl (C=O) groups is 11. The highest BCUT2D eigenvalue weighted by atomic mass is 32.1. The molecule has 1 heterocycles. The summed E-state index contributed by atoms with van der Waals surface area (Å²) >= 11 is 4.16. The quantitative estimate of drug-likeness (QED) is 0.0119. The number of guanidine groups is 1. The molecule has 0 aliphatic carbocycles. The standard InChI is InChI=1S/C49H70N14O14S/c1-4-30(57-42(70)32(56-25(3)65)10-7-19-54-49(52)53)41(69)58-34(16-18-39(51)68)44(72)63-40(24(2)64)47(75)60-35(21-27-22-55-31-9-6-5-8-29(27)31)45(73)59-33(15-17-38(50)67)43(71)62-37(23-78)46(74)61-36(48(76)77)20-26-11-13-28(66)14-12-26/h5-6,8-9,11-14,22,24,30,32-37,40,55,64,66,78H,4,7,10,15-21,23H2,1-3H3,(H2,50,67)(H2,51,68)(H,56,65)(H,57,70)(H,58,69)(H,59,73)(H,60,75)(H,61,74)(H,62,71)(H,63,72)(H,76,77)(H4,52,53,54)/t24-,30+,32-,33+,34+,35+,36+,37+,40+/m1/s1. The van der Waals surface area contributed by atoms with Crippen molar-refractivity contribution < 1.29 is 68.1 Å². The summed E-state index contributed by atoms with van der Waals surface area (Å²) in [6, 6.07) is 0.264. The molecule has 0 unspecified atom stereocenters. The number of aliphatic carboxylic acids is 1. The number of hydrogen-bond acceptors (Lipinski definition) is 15. The highest BCUT2D eigenvalue weighted by molar-refractivity contribution is 7.80. The van der Waals surface area contributed by atoms with Crippen LogP contribution in [0, 0.1) is 0 Å². The number of aliphatic hydroxyl groups is 1. The Labute approximate surface area is 453 Å². The number of hydrogen-bond donors (Lipinski definition) is 17. The maximum atomic E-state index is 14.4. The van der Waals surface area contributed by atoms with Gasteiger partial charge in [-0.1, -0.05) is 37.3 Å². The van der Waals surface area contributed by atoms with E-state index in [-0.39, 0.29) is 56.1 Å². The number of carbonyl (C=O) groups excluding carboxylic acids is 10. The third-order valence-electron chi connectivity index (χ3n) is 11.9. The van der Waals surface area contributed by atoms with Crippen LogP contribution in [0.1, 0.15) is 76.8 Å². The van der Waals surface area contributed by atoms with E-state index in [1.165, 1.54) is 38.1 Å². The molecule has 78 heavy (non-hydrogen) atoms. The Morgan fingerprint density at radius 3 is 1.63 bits per heavy atom. The summed E-state index contributed by atoms with van der Waals surface area (Å²) in [4.78, 5) is 152. The number of benzene rings is 2. The Morgan fingerprint density at radius 1 is 0.615 bits per heavy atom. The third kappa shape index (κ3) is 21.3. The van der Waals surface area contributed by atoms with E-state index in [1.807, 2.05) is 0 Å².